The minimum atomic E-state index is -3.73. The van der Waals surface area contributed by atoms with Crippen LogP contribution in [0.1, 0.15) is 39.0 Å². The van der Waals surface area contributed by atoms with Crippen molar-refractivity contribution in [3.05, 3.63) is 30.3 Å². The largest absolute Gasteiger partial charge is 0.379 e. The lowest BCUT2D eigenvalue weighted by atomic mass is 10.2. The highest BCUT2D eigenvalue weighted by Crippen LogP contribution is 2.10. The van der Waals surface area contributed by atoms with Crippen LogP contribution in [0, 0.1) is 0 Å². The smallest absolute Gasteiger partial charge is 0.297 e. The molecular formula is C23H40O8S. The van der Waals surface area contributed by atoms with Crippen molar-refractivity contribution in [2.75, 3.05) is 72.7 Å². The SMILES string of the molecule is CCCCCCCOCCOCCOCCOCCOCCOS(=O)(=O)c1ccccc1. The van der Waals surface area contributed by atoms with Gasteiger partial charge in [0.05, 0.1) is 71.0 Å². The van der Waals surface area contributed by atoms with E-state index in [0.717, 1.165) is 13.0 Å². The molecule has 0 aliphatic carbocycles. The molecule has 1 aromatic carbocycles. The van der Waals surface area contributed by atoms with Gasteiger partial charge in [-0.05, 0) is 18.6 Å². The summed E-state index contributed by atoms with van der Waals surface area (Å²) in [6.45, 7) is 7.13. The zero-order chi connectivity index (χ0) is 23.2. The minimum Gasteiger partial charge on any atom is -0.379 e. The van der Waals surface area contributed by atoms with Crippen LogP contribution in [0.15, 0.2) is 35.2 Å². The lowest BCUT2D eigenvalue weighted by molar-refractivity contribution is -0.0127. The van der Waals surface area contributed by atoms with E-state index in [1.165, 1.54) is 37.8 Å². The Bertz CT molecular complexity index is 624. The van der Waals surface area contributed by atoms with Crippen LogP contribution in [0.4, 0.5) is 0 Å². The molecule has 0 atom stereocenters. The molecule has 0 fully saturated rings. The molecule has 1 rings (SSSR count). The summed E-state index contributed by atoms with van der Waals surface area (Å²) in [5.41, 5.74) is 0. The summed E-state index contributed by atoms with van der Waals surface area (Å²) in [4.78, 5) is 0.134. The first-order valence-electron chi connectivity index (χ1n) is 11.5. The topological polar surface area (TPSA) is 89.5 Å². The van der Waals surface area contributed by atoms with Crippen LogP contribution < -0.4 is 0 Å². The summed E-state index contributed by atoms with van der Waals surface area (Å²) in [5.74, 6) is 0. The summed E-state index contributed by atoms with van der Waals surface area (Å²) >= 11 is 0. The Hall–Kier alpha value is -1.07. The van der Waals surface area contributed by atoms with Gasteiger partial charge in [0.25, 0.3) is 10.1 Å². The number of unbranched alkanes of at least 4 members (excludes halogenated alkanes) is 4. The molecule has 1 aromatic rings. The van der Waals surface area contributed by atoms with Gasteiger partial charge in [-0.3, -0.25) is 4.18 Å². The number of hydrogen-bond donors (Lipinski definition) is 0. The summed E-state index contributed by atoms with van der Waals surface area (Å²) < 4.78 is 55.8. The zero-order valence-electron chi connectivity index (χ0n) is 19.4. The molecule has 0 bridgehead atoms. The number of ether oxygens (including phenoxy) is 5. The Kier molecular flexibility index (Phi) is 18.6. The molecule has 0 amide bonds. The average molecular weight is 477 g/mol. The predicted molar refractivity (Wildman–Crippen MR) is 122 cm³/mol. The van der Waals surface area contributed by atoms with E-state index in [1.54, 1.807) is 18.2 Å². The fraction of sp³-hybridized carbons (Fsp3) is 0.739. The maximum Gasteiger partial charge on any atom is 0.297 e. The highest BCUT2D eigenvalue weighted by atomic mass is 32.2. The molecule has 0 saturated carbocycles. The van der Waals surface area contributed by atoms with Crippen molar-refractivity contribution in [2.24, 2.45) is 0 Å². The second kappa shape index (κ2) is 20.5. The number of benzene rings is 1. The zero-order valence-corrected chi connectivity index (χ0v) is 20.2. The van der Waals surface area contributed by atoms with Gasteiger partial charge in [-0.1, -0.05) is 50.8 Å². The third-order valence-electron chi connectivity index (χ3n) is 4.38. The van der Waals surface area contributed by atoms with E-state index in [1.807, 2.05) is 0 Å². The number of hydrogen-bond acceptors (Lipinski definition) is 8. The molecule has 0 radical (unpaired) electrons. The summed E-state index contributed by atoms with van der Waals surface area (Å²) in [5, 5.41) is 0. The lowest BCUT2D eigenvalue weighted by Crippen LogP contribution is -2.15. The Labute approximate surface area is 193 Å². The van der Waals surface area contributed by atoms with Gasteiger partial charge in [-0.25, -0.2) is 0 Å². The maximum absolute atomic E-state index is 11.9. The minimum absolute atomic E-state index is 0.0374. The molecule has 0 saturated heterocycles. The fourth-order valence-electron chi connectivity index (χ4n) is 2.65. The summed E-state index contributed by atoms with van der Waals surface area (Å²) in [6.07, 6.45) is 6.23. The van der Waals surface area contributed by atoms with E-state index >= 15 is 0 Å². The van der Waals surface area contributed by atoms with Crippen molar-refractivity contribution < 1.29 is 36.3 Å². The Balaban J connectivity index is 1.76. The van der Waals surface area contributed by atoms with Gasteiger partial charge in [-0.2, -0.15) is 8.42 Å². The van der Waals surface area contributed by atoms with Crippen molar-refractivity contribution in [2.45, 2.75) is 43.9 Å². The molecule has 0 aliphatic rings. The van der Waals surface area contributed by atoms with Crippen molar-refractivity contribution in [1.82, 2.24) is 0 Å². The molecule has 32 heavy (non-hydrogen) atoms. The first kappa shape index (κ1) is 29.0. The van der Waals surface area contributed by atoms with Gasteiger partial charge >= 0.3 is 0 Å². The second-order valence-electron chi connectivity index (χ2n) is 7.07. The predicted octanol–water partition coefficient (Wildman–Crippen LogP) is 3.45. The van der Waals surface area contributed by atoms with Gasteiger partial charge in [0.2, 0.25) is 0 Å². The molecular weight excluding hydrogens is 436 g/mol. The van der Waals surface area contributed by atoms with Gasteiger partial charge in [0.1, 0.15) is 0 Å². The summed E-state index contributed by atoms with van der Waals surface area (Å²) in [6, 6.07) is 8.02. The van der Waals surface area contributed by atoms with Gasteiger partial charge in [0.15, 0.2) is 0 Å². The lowest BCUT2D eigenvalue weighted by Gasteiger charge is -2.08. The number of rotatable bonds is 23. The van der Waals surface area contributed by atoms with Crippen LogP contribution in [0.25, 0.3) is 0 Å². The van der Waals surface area contributed by atoms with E-state index in [2.05, 4.69) is 6.92 Å². The molecule has 0 aliphatic heterocycles. The van der Waals surface area contributed by atoms with Crippen molar-refractivity contribution in [1.29, 1.82) is 0 Å². The van der Waals surface area contributed by atoms with Crippen molar-refractivity contribution in [3.63, 3.8) is 0 Å². The van der Waals surface area contributed by atoms with Crippen LogP contribution in [-0.2, 0) is 38.0 Å². The monoisotopic (exact) mass is 476 g/mol. The molecule has 0 heterocycles. The molecule has 0 aromatic heterocycles. The van der Waals surface area contributed by atoms with E-state index in [9.17, 15) is 8.42 Å². The third kappa shape index (κ3) is 16.5. The van der Waals surface area contributed by atoms with E-state index in [-0.39, 0.29) is 18.1 Å². The highest BCUT2D eigenvalue weighted by molar-refractivity contribution is 7.86. The second-order valence-corrected chi connectivity index (χ2v) is 8.68. The van der Waals surface area contributed by atoms with E-state index in [0.29, 0.717) is 52.9 Å². The van der Waals surface area contributed by atoms with E-state index < -0.39 is 10.1 Å². The molecule has 186 valence electrons. The maximum atomic E-state index is 11.9. The molecule has 8 nitrogen and oxygen atoms in total. The summed E-state index contributed by atoms with van der Waals surface area (Å²) in [7, 11) is -3.73. The average Bonchev–Trinajstić information content (AvgIpc) is 2.80. The van der Waals surface area contributed by atoms with Crippen LogP contribution in [-0.4, -0.2) is 81.1 Å². The van der Waals surface area contributed by atoms with Crippen molar-refractivity contribution in [3.8, 4) is 0 Å². The fourth-order valence-corrected chi connectivity index (χ4v) is 3.56. The van der Waals surface area contributed by atoms with Crippen LogP contribution in [0.3, 0.4) is 0 Å². The van der Waals surface area contributed by atoms with Crippen LogP contribution in [0.2, 0.25) is 0 Å². The Morgan fingerprint density at radius 3 is 1.50 bits per heavy atom. The highest BCUT2D eigenvalue weighted by Gasteiger charge is 2.13. The molecule has 9 heteroatoms. The third-order valence-corrected chi connectivity index (χ3v) is 5.70. The van der Waals surface area contributed by atoms with Crippen LogP contribution >= 0.6 is 0 Å². The van der Waals surface area contributed by atoms with Crippen molar-refractivity contribution >= 4 is 10.1 Å². The normalized spacial score (nSPS) is 11.8. The Morgan fingerprint density at radius 1 is 0.562 bits per heavy atom. The quantitative estimate of drug-likeness (QED) is 0.175. The Morgan fingerprint density at radius 2 is 1.00 bits per heavy atom. The van der Waals surface area contributed by atoms with Gasteiger partial charge in [0, 0.05) is 6.61 Å². The standard InChI is InChI=1S/C23H40O8S/c1-2-3-4-5-9-12-26-13-14-27-15-16-28-17-18-29-19-20-30-21-22-31-32(24,25)23-10-7-6-8-11-23/h6-8,10-11H,2-5,9,12-22H2,1H3. The van der Waals surface area contributed by atoms with Gasteiger partial charge in [-0.15, -0.1) is 0 Å². The van der Waals surface area contributed by atoms with Gasteiger partial charge < -0.3 is 23.7 Å². The van der Waals surface area contributed by atoms with E-state index in [4.69, 9.17) is 27.9 Å². The molecule has 0 spiro atoms. The first-order chi connectivity index (χ1) is 15.7. The van der Waals surface area contributed by atoms with Crippen LogP contribution in [0.5, 0.6) is 0 Å². The first-order valence-corrected chi connectivity index (χ1v) is 12.9. The molecule has 0 N–H and O–H groups in total. The molecule has 0 unspecified atom stereocenters.